The number of para-hydroxylation sites is 1. The van der Waals surface area contributed by atoms with Crippen LogP contribution in [0.4, 0.5) is 5.69 Å². The number of halogens is 2. The second-order valence-electron chi connectivity index (χ2n) is 4.73. The largest absolute Gasteiger partial charge is 0.461 e. The number of carbonyl (C=O) groups excluding carboxylic acids is 1. The second kappa shape index (κ2) is 7.99. The third-order valence-electron chi connectivity index (χ3n) is 3.16. The minimum Gasteiger partial charge on any atom is -0.461 e. The minimum atomic E-state index is -0.647. The van der Waals surface area contributed by atoms with Gasteiger partial charge in [0.2, 0.25) is 0 Å². The number of nitrogens with one attached hydrogen (secondary N) is 2. The van der Waals surface area contributed by atoms with Gasteiger partial charge in [0.25, 0.3) is 0 Å². The Kier molecular flexibility index (Phi) is 6.02. The van der Waals surface area contributed by atoms with Crippen molar-refractivity contribution in [3.05, 3.63) is 63.6 Å². The summed E-state index contributed by atoms with van der Waals surface area (Å²) in [5.74, 6) is -0.647. The minimum absolute atomic E-state index is 0.183. The average molecular weight is 351 g/mol. The van der Waals surface area contributed by atoms with Crippen molar-refractivity contribution in [2.24, 2.45) is 0 Å². The third kappa shape index (κ3) is 4.47. The summed E-state index contributed by atoms with van der Waals surface area (Å²) in [5, 5.41) is 12.3. The summed E-state index contributed by atoms with van der Waals surface area (Å²) in [6.45, 7) is 2.39. The number of ether oxygens (including phenoxy) is 1. The molecule has 0 saturated heterocycles. The van der Waals surface area contributed by atoms with Crippen molar-refractivity contribution in [2.75, 3.05) is 11.9 Å². The Morgan fingerprint density at radius 3 is 2.65 bits per heavy atom. The van der Waals surface area contributed by atoms with Crippen LogP contribution in [0.2, 0.25) is 10.0 Å². The molecule has 0 aliphatic carbocycles. The summed E-state index contributed by atoms with van der Waals surface area (Å²) in [4.78, 5) is 11.8. The van der Waals surface area contributed by atoms with Gasteiger partial charge in [0.15, 0.2) is 0 Å². The molecule has 0 aliphatic heterocycles. The molecule has 120 valence electrons. The first-order valence-electron chi connectivity index (χ1n) is 7.05. The number of esters is 1. The summed E-state index contributed by atoms with van der Waals surface area (Å²) in [6.07, 6.45) is 0. The quantitative estimate of drug-likeness (QED) is 0.593. The van der Waals surface area contributed by atoms with Gasteiger partial charge in [0, 0.05) is 27.8 Å². The van der Waals surface area contributed by atoms with Gasteiger partial charge in [-0.3, -0.25) is 5.41 Å². The predicted octanol–water partition coefficient (Wildman–Crippen LogP) is 4.54. The summed E-state index contributed by atoms with van der Waals surface area (Å²) < 4.78 is 4.88. The van der Waals surface area contributed by atoms with Crippen LogP contribution < -0.4 is 5.32 Å². The average Bonchev–Trinajstić information content (AvgIpc) is 2.54. The molecule has 4 nitrogen and oxygen atoms in total. The van der Waals surface area contributed by atoms with Gasteiger partial charge < -0.3 is 10.1 Å². The van der Waals surface area contributed by atoms with Crippen LogP contribution in [0.3, 0.4) is 0 Å². The zero-order valence-electron chi connectivity index (χ0n) is 12.5. The molecule has 23 heavy (non-hydrogen) atoms. The molecule has 0 heterocycles. The molecule has 0 spiro atoms. The van der Waals surface area contributed by atoms with Crippen LogP contribution in [0, 0.1) is 5.41 Å². The third-order valence-corrected chi connectivity index (χ3v) is 3.75. The summed E-state index contributed by atoms with van der Waals surface area (Å²) in [5.41, 5.74) is 1.83. The van der Waals surface area contributed by atoms with Gasteiger partial charge in [0.1, 0.15) is 5.71 Å². The van der Waals surface area contributed by atoms with Gasteiger partial charge in [-0.2, -0.15) is 0 Å². The SMILES string of the molecule is CCOC(=O)C(=N)c1ccccc1NCc1ccc(Cl)cc1Cl. The van der Waals surface area contributed by atoms with E-state index in [1.807, 2.05) is 12.1 Å². The molecule has 0 unspecified atom stereocenters. The van der Waals surface area contributed by atoms with Crippen LogP contribution in [0.25, 0.3) is 0 Å². The number of hydrogen-bond donors (Lipinski definition) is 2. The highest BCUT2D eigenvalue weighted by molar-refractivity contribution is 6.43. The molecule has 2 rings (SSSR count). The summed E-state index contributed by atoms with van der Waals surface area (Å²) in [6, 6.07) is 12.4. The monoisotopic (exact) mass is 350 g/mol. The van der Waals surface area contributed by atoms with Gasteiger partial charge in [-0.25, -0.2) is 4.79 Å². The zero-order valence-corrected chi connectivity index (χ0v) is 14.0. The van der Waals surface area contributed by atoms with Gasteiger partial charge in [-0.15, -0.1) is 0 Å². The Morgan fingerprint density at radius 2 is 1.96 bits per heavy atom. The van der Waals surface area contributed by atoms with Crippen LogP contribution in [0.1, 0.15) is 18.1 Å². The maximum absolute atomic E-state index is 11.8. The van der Waals surface area contributed by atoms with Crippen LogP contribution in [0.15, 0.2) is 42.5 Å². The zero-order chi connectivity index (χ0) is 16.8. The molecule has 0 bridgehead atoms. The Balaban J connectivity index is 2.17. The van der Waals surface area contributed by atoms with Crippen LogP contribution in [-0.2, 0) is 16.1 Å². The molecule has 0 radical (unpaired) electrons. The molecule has 0 saturated carbocycles. The highest BCUT2D eigenvalue weighted by atomic mass is 35.5. The molecule has 6 heteroatoms. The highest BCUT2D eigenvalue weighted by Crippen LogP contribution is 2.23. The van der Waals surface area contributed by atoms with E-state index in [-0.39, 0.29) is 12.3 Å². The fourth-order valence-electron chi connectivity index (χ4n) is 2.02. The normalized spacial score (nSPS) is 10.2. The Morgan fingerprint density at radius 1 is 1.22 bits per heavy atom. The maximum atomic E-state index is 11.8. The first-order chi connectivity index (χ1) is 11.0. The predicted molar refractivity (Wildman–Crippen MR) is 93.7 cm³/mol. The van der Waals surface area contributed by atoms with E-state index >= 15 is 0 Å². The smallest absolute Gasteiger partial charge is 0.356 e. The number of carbonyl (C=O) groups is 1. The fourth-order valence-corrected chi connectivity index (χ4v) is 2.50. The number of rotatable bonds is 6. The van der Waals surface area contributed by atoms with Gasteiger partial charge in [-0.1, -0.05) is 47.5 Å². The van der Waals surface area contributed by atoms with Crippen molar-refractivity contribution in [2.45, 2.75) is 13.5 Å². The fraction of sp³-hybridized carbons (Fsp3) is 0.176. The molecular weight excluding hydrogens is 335 g/mol. The molecule has 2 N–H and O–H groups in total. The van der Waals surface area contributed by atoms with Crippen molar-refractivity contribution in [3.8, 4) is 0 Å². The lowest BCUT2D eigenvalue weighted by atomic mass is 10.1. The van der Waals surface area contributed by atoms with Gasteiger partial charge >= 0.3 is 5.97 Å². The van der Waals surface area contributed by atoms with E-state index < -0.39 is 5.97 Å². The number of anilines is 1. The van der Waals surface area contributed by atoms with Crippen molar-refractivity contribution in [1.29, 1.82) is 5.41 Å². The van der Waals surface area contributed by atoms with E-state index in [0.29, 0.717) is 27.8 Å². The molecule has 0 atom stereocenters. The van der Waals surface area contributed by atoms with Crippen LogP contribution in [0.5, 0.6) is 0 Å². The molecule has 2 aromatic carbocycles. The lowest BCUT2D eigenvalue weighted by molar-refractivity contribution is -0.135. The molecule has 0 amide bonds. The van der Waals surface area contributed by atoms with E-state index in [1.54, 1.807) is 37.3 Å². The Hall–Kier alpha value is -2.04. The summed E-state index contributed by atoms with van der Waals surface area (Å²) >= 11 is 12.0. The number of benzene rings is 2. The Labute approximate surface area is 144 Å². The molecule has 0 aromatic heterocycles. The first kappa shape index (κ1) is 17.3. The van der Waals surface area contributed by atoms with Gasteiger partial charge in [-0.05, 0) is 30.7 Å². The topological polar surface area (TPSA) is 62.2 Å². The van der Waals surface area contributed by atoms with Crippen molar-refractivity contribution >= 4 is 40.6 Å². The molecule has 0 fully saturated rings. The van der Waals surface area contributed by atoms with E-state index in [0.717, 1.165) is 5.56 Å². The van der Waals surface area contributed by atoms with Crippen molar-refractivity contribution in [3.63, 3.8) is 0 Å². The van der Waals surface area contributed by atoms with E-state index in [9.17, 15) is 4.79 Å². The maximum Gasteiger partial charge on any atom is 0.356 e. The molecule has 0 aliphatic rings. The Bertz CT molecular complexity index is 732. The van der Waals surface area contributed by atoms with Crippen LogP contribution >= 0.6 is 23.2 Å². The molecule has 2 aromatic rings. The lowest BCUT2D eigenvalue weighted by Crippen LogP contribution is -2.19. The van der Waals surface area contributed by atoms with Crippen molar-refractivity contribution < 1.29 is 9.53 Å². The van der Waals surface area contributed by atoms with Crippen molar-refractivity contribution in [1.82, 2.24) is 0 Å². The number of hydrogen-bond acceptors (Lipinski definition) is 4. The van der Waals surface area contributed by atoms with Gasteiger partial charge in [0.05, 0.1) is 6.61 Å². The molecular formula is C17H16Cl2N2O2. The summed E-state index contributed by atoms with van der Waals surface area (Å²) in [7, 11) is 0. The van der Waals surface area contributed by atoms with E-state index in [4.69, 9.17) is 33.3 Å². The standard InChI is InChI=1S/C17H16Cl2N2O2/c1-2-23-17(22)16(20)13-5-3-4-6-15(13)21-10-11-7-8-12(18)9-14(11)19/h3-9,20-21H,2,10H2,1H3. The first-order valence-corrected chi connectivity index (χ1v) is 7.81. The van der Waals surface area contributed by atoms with E-state index in [1.165, 1.54) is 0 Å². The lowest BCUT2D eigenvalue weighted by Gasteiger charge is -2.13. The second-order valence-corrected chi connectivity index (χ2v) is 5.57. The van der Waals surface area contributed by atoms with E-state index in [2.05, 4.69) is 5.32 Å². The van der Waals surface area contributed by atoms with Crippen LogP contribution in [-0.4, -0.2) is 18.3 Å². The highest BCUT2D eigenvalue weighted by Gasteiger charge is 2.16.